The van der Waals surface area contributed by atoms with E-state index in [1.54, 1.807) is 12.3 Å². The Hall–Kier alpha value is -2.36. The summed E-state index contributed by atoms with van der Waals surface area (Å²) in [4.78, 5) is 14.9. The number of aromatic nitrogens is 1. The monoisotopic (exact) mass is 257 g/mol. The summed E-state index contributed by atoms with van der Waals surface area (Å²) in [7, 11) is 0. The van der Waals surface area contributed by atoms with Crippen LogP contribution in [-0.2, 0) is 0 Å². The standard InChI is InChI=1S/C15H15NO3/c1-2-7-19-14-6-4-3-5-13(14)11-8-12(15(17)18)10-16-9-11/h3-6,8-10H,2,7H2,1H3,(H,17,18). The van der Waals surface area contributed by atoms with Crippen molar-refractivity contribution in [3.05, 3.63) is 48.3 Å². The number of nitrogens with zero attached hydrogens (tertiary/aromatic N) is 1. The zero-order valence-electron chi connectivity index (χ0n) is 10.7. The number of hydrogen-bond donors (Lipinski definition) is 1. The van der Waals surface area contributed by atoms with Gasteiger partial charge in [-0.15, -0.1) is 0 Å². The lowest BCUT2D eigenvalue weighted by Gasteiger charge is -2.10. The van der Waals surface area contributed by atoms with Crippen LogP contribution in [0.2, 0.25) is 0 Å². The van der Waals surface area contributed by atoms with Crippen LogP contribution in [0.5, 0.6) is 5.75 Å². The van der Waals surface area contributed by atoms with Gasteiger partial charge in [-0.1, -0.05) is 25.1 Å². The van der Waals surface area contributed by atoms with Crippen LogP contribution < -0.4 is 4.74 Å². The molecule has 4 nitrogen and oxygen atoms in total. The van der Waals surface area contributed by atoms with Gasteiger partial charge in [-0.05, 0) is 18.6 Å². The normalized spacial score (nSPS) is 10.2. The summed E-state index contributed by atoms with van der Waals surface area (Å²) in [6, 6.07) is 9.15. The van der Waals surface area contributed by atoms with Crippen molar-refractivity contribution in [3.63, 3.8) is 0 Å². The van der Waals surface area contributed by atoms with E-state index in [0.717, 1.165) is 23.3 Å². The summed E-state index contributed by atoms with van der Waals surface area (Å²) >= 11 is 0. The quantitative estimate of drug-likeness (QED) is 0.893. The van der Waals surface area contributed by atoms with Crippen LogP contribution in [0.1, 0.15) is 23.7 Å². The first-order valence-electron chi connectivity index (χ1n) is 6.13. The van der Waals surface area contributed by atoms with Gasteiger partial charge in [-0.2, -0.15) is 0 Å². The molecule has 0 fully saturated rings. The molecule has 0 unspecified atom stereocenters. The summed E-state index contributed by atoms with van der Waals surface area (Å²) in [5, 5.41) is 9.00. The molecule has 0 aliphatic rings. The van der Waals surface area contributed by atoms with Gasteiger partial charge >= 0.3 is 5.97 Å². The molecule has 2 rings (SSSR count). The fourth-order valence-corrected chi connectivity index (χ4v) is 1.75. The maximum atomic E-state index is 11.0. The fraction of sp³-hybridized carbons (Fsp3) is 0.200. The number of carboxylic acid groups (broad SMARTS) is 1. The molecule has 1 aromatic heterocycles. The average molecular weight is 257 g/mol. The Morgan fingerprint density at radius 1 is 1.32 bits per heavy atom. The number of hydrogen-bond acceptors (Lipinski definition) is 3. The third-order valence-electron chi connectivity index (χ3n) is 2.64. The third kappa shape index (κ3) is 3.10. The fourth-order valence-electron chi connectivity index (χ4n) is 1.75. The van der Waals surface area contributed by atoms with E-state index < -0.39 is 5.97 Å². The lowest BCUT2D eigenvalue weighted by molar-refractivity contribution is 0.0696. The van der Waals surface area contributed by atoms with Crippen LogP contribution in [-0.4, -0.2) is 22.7 Å². The number of carboxylic acids is 1. The minimum Gasteiger partial charge on any atom is -0.493 e. The Bertz CT molecular complexity index is 581. The largest absolute Gasteiger partial charge is 0.493 e. The predicted octanol–water partition coefficient (Wildman–Crippen LogP) is 3.24. The van der Waals surface area contributed by atoms with Gasteiger partial charge in [0.2, 0.25) is 0 Å². The summed E-state index contributed by atoms with van der Waals surface area (Å²) in [5.41, 5.74) is 1.76. The molecule has 1 aromatic carbocycles. The number of rotatable bonds is 5. The van der Waals surface area contributed by atoms with Gasteiger partial charge in [0, 0.05) is 23.5 Å². The Morgan fingerprint density at radius 3 is 2.84 bits per heavy atom. The zero-order valence-corrected chi connectivity index (χ0v) is 10.7. The lowest BCUT2D eigenvalue weighted by Crippen LogP contribution is -1.99. The molecule has 19 heavy (non-hydrogen) atoms. The summed E-state index contributed by atoms with van der Waals surface area (Å²) < 4.78 is 5.67. The van der Waals surface area contributed by atoms with E-state index in [1.165, 1.54) is 6.20 Å². The van der Waals surface area contributed by atoms with Crippen molar-refractivity contribution in [1.82, 2.24) is 4.98 Å². The van der Waals surface area contributed by atoms with E-state index in [2.05, 4.69) is 4.98 Å². The number of pyridine rings is 1. The molecule has 0 radical (unpaired) electrons. The van der Waals surface area contributed by atoms with Gasteiger partial charge in [0.15, 0.2) is 0 Å². The maximum Gasteiger partial charge on any atom is 0.337 e. The Kier molecular flexibility index (Phi) is 4.13. The molecule has 98 valence electrons. The van der Waals surface area contributed by atoms with Gasteiger partial charge in [0.1, 0.15) is 5.75 Å². The van der Waals surface area contributed by atoms with Crippen LogP contribution in [0.3, 0.4) is 0 Å². The topological polar surface area (TPSA) is 59.4 Å². The van der Waals surface area contributed by atoms with Crippen molar-refractivity contribution in [2.24, 2.45) is 0 Å². The maximum absolute atomic E-state index is 11.0. The molecular weight excluding hydrogens is 242 g/mol. The van der Waals surface area contributed by atoms with Crippen molar-refractivity contribution in [2.45, 2.75) is 13.3 Å². The molecule has 4 heteroatoms. The van der Waals surface area contributed by atoms with E-state index in [4.69, 9.17) is 9.84 Å². The van der Waals surface area contributed by atoms with Crippen molar-refractivity contribution in [1.29, 1.82) is 0 Å². The van der Waals surface area contributed by atoms with E-state index in [-0.39, 0.29) is 5.56 Å². The molecule has 0 spiro atoms. The minimum absolute atomic E-state index is 0.169. The molecule has 0 amide bonds. The predicted molar refractivity (Wildman–Crippen MR) is 72.4 cm³/mol. The van der Waals surface area contributed by atoms with Crippen molar-refractivity contribution in [2.75, 3.05) is 6.61 Å². The van der Waals surface area contributed by atoms with E-state index >= 15 is 0 Å². The van der Waals surface area contributed by atoms with Gasteiger partial charge in [-0.25, -0.2) is 4.79 Å². The Morgan fingerprint density at radius 2 is 2.11 bits per heavy atom. The molecule has 0 saturated carbocycles. The average Bonchev–Trinajstić information content (AvgIpc) is 2.45. The van der Waals surface area contributed by atoms with Gasteiger partial charge < -0.3 is 9.84 Å². The second kappa shape index (κ2) is 6.00. The van der Waals surface area contributed by atoms with Crippen LogP contribution >= 0.6 is 0 Å². The smallest absolute Gasteiger partial charge is 0.337 e. The van der Waals surface area contributed by atoms with Gasteiger partial charge in [0.05, 0.1) is 12.2 Å². The van der Waals surface area contributed by atoms with E-state index in [9.17, 15) is 4.79 Å². The lowest BCUT2D eigenvalue weighted by atomic mass is 10.1. The van der Waals surface area contributed by atoms with Gasteiger partial charge in [-0.3, -0.25) is 4.98 Å². The molecule has 1 heterocycles. The zero-order chi connectivity index (χ0) is 13.7. The first-order valence-corrected chi connectivity index (χ1v) is 6.13. The van der Waals surface area contributed by atoms with Crippen molar-refractivity contribution < 1.29 is 14.6 Å². The SMILES string of the molecule is CCCOc1ccccc1-c1cncc(C(=O)O)c1. The summed E-state index contributed by atoms with van der Waals surface area (Å²) in [5.74, 6) is -0.241. The number of para-hydroxylation sites is 1. The molecule has 0 aliphatic heterocycles. The first kappa shape index (κ1) is 13.1. The minimum atomic E-state index is -0.985. The number of benzene rings is 1. The van der Waals surface area contributed by atoms with Crippen LogP contribution in [0.4, 0.5) is 0 Å². The summed E-state index contributed by atoms with van der Waals surface area (Å²) in [6.07, 6.45) is 3.89. The summed E-state index contributed by atoms with van der Waals surface area (Å²) in [6.45, 7) is 2.66. The molecule has 0 atom stereocenters. The molecule has 0 bridgehead atoms. The number of aromatic carboxylic acids is 1. The van der Waals surface area contributed by atoms with Crippen LogP contribution in [0, 0.1) is 0 Å². The van der Waals surface area contributed by atoms with E-state index in [1.807, 2.05) is 31.2 Å². The second-order valence-electron chi connectivity index (χ2n) is 4.11. The van der Waals surface area contributed by atoms with Crippen LogP contribution in [0.15, 0.2) is 42.7 Å². The van der Waals surface area contributed by atoms with Crippen molar-refractivity contribution in [3.8, 4) is 16.9 Å². The number of carbonyl (C=O) groups is 1. The highest BCUT2D eigenvalue weighted by molar-refractivity contribution is 5.89. The molecule has 1 N–H and O–H groups in total. The first-order chi connectivity index (χ1) is 9.22. The van der Waals surface area contributed by atoms with Gasteiger partial charge in [0.25, 0.3) is 0 Å². The second-order valence-corrected chi connectivity index (χ2v) is 4.11. The highest BCUT2D eigenvalue weighted by Gasteiger charge is 2.09. The van der Waals surface area contributed by atoms with E-state index in [0.29, 0.717) is 6.61 Å². The molecule has 0 saturated heterocycles. The Labute approximate surface area is 111 Å². The Balaban J connectivity index is 2.40. The molecular formula is C15H15NO3. The van der Waals surface area contributed by atoms with Crippen LogP contribution in [0.25, 0.3) is 11.1 Å². The highest BCUT2D eigenvalue weighted by atomic mass is 16.5. The number of ether oxygens (including phenoxy) is 1. The van der Waals surface area contributed by atoms with Crippen molar-refractivity contribution >= 4 is 5.97 Å². The molecule has 2 aromatic rings. The molecule has 0 aliphatic carbocycles. The highest BCUT2D eigenvalue weighted by Crippen LogP contribution is 2.29. The third-order valence-corrected chi connectivity index (χ3v) is 2.64.